The number of hydrogen-bond donors (Lipinski definition) is 3. The largest absolute Gasteiger partial charge is 0.424 e. The van der Waals surface area contributed by atoms with Crippen molar-refractivity contribution in [1.82, 2.24) is 14.2 Å². The number of anilines is 1. The number of likely N-dealkylation sites (N-methyl/N-ethyl adjacent to an activating group) is 1. The second-order valence-corrected chi connectivity index (χ2v) is 11.5. The standard InChI is InChI=1S/C25H37N5O4S/c1-18(2)16-30(17-23(31)21(26)14-19-8-6-5-7-9-19)35(32,33)20-10-11-22-24(15-20)34-25(28-22)27-12-13-29(3)4/h5-11,15,18,21,23,31H,12-14,16-17,26H2,1-4H3,(H,27,28)/t21-,23+/m0/s1. The van der Waals surface area contributed by atoms with Gasteiger partial charge in [-0.2, -0.15) is 9.29 Å². The number of benzene rings is 2. The molecule has 0 unspecified atom stereocenters. The van der Waals surface area contributed by atoms with Gasteiger partial charge in [0.15, 0.2) is 5.58 Å². The SMILES string of the molecule is CC(C)CN(C[C@@H](O)[C@@H](N)Cc1ccccc1)S(=O)(=O)c1ccc2nc(NCCN(C)C)oc2c1. The fourth-order valence-electron chi connectivity index (χ4n) is 3.72. The van der Waals surface area contributed by atoms with Gasteiger partial charge in [-0.3, -0.25) is 0 Å². The lowest BCUT2D eigenvalue weighted by Gasteiger charge is -2.28. The lowest BCUT2D eigenvalue weighted by molar-refractivity contribution is 0.116. The number of oxazole rings is 1. The molecule has 0 bridgehead atoms. The van der Waals surface area contributed by atoms with E-state index >= 15 is 0 Å². The molecule has 3 aromatic rings. The van der Waals surface area contributed by atoms with Crippen LogP contribution in [0.3, 0.4) is 0 Å². The maximum absolute atomic E-state index is 13.6. The predicted molar refractivity (Wildman–Crippen MR) is 139 cm³/mol. The highest BCUT2D eigenvalue weighted by molar-refractivity contribution is 7.89. The lowest BCUT2D eigenvalue weighted by Crippen LogP contribution is -2.47. The quantitative estimate of drug-likeness (QED) is 0.325. The lowest BCUT2D eigenvalue weighted by atomic mass is 10.0. The van der Waals surface area contributed by atoms with Crippen molar-refractivity contribution in [3.63, 3.8) is 0 Å². The summed E-state index contributed by atoms with van der Waals surface area (Å²) in [6, 6.07) is 14.0. The van der Waals surface area contributed by atoms with Gasteiger partial charge in [0.05, 0.1) is 11.0 Å². The maximum atomic E-state index is 13.6. The van der Waals surface area contributed by atoms with E-state index in [1.54, 1.807) is 6.07 Å². The number of hydrogen-bond acceptors (Lipinski definition) is 8. The molecular weight excluding hydrogens is 466 g/mol. The molecule has 0 amide bonds. The Hall–Kier alpha value is -2.50. The highest BCUT2D eigenvalue weighted by Crippen LogP contribution is 2.25. The number of nitrogens with zero attached hydrogens (tertiary/aromatic N) is 3. The van der Waals surface area contributed by atoms with Crippen molar-refractivity contribution >= 4 is 27.1 Å². The van der Waals surface area contributed by atoms with Gasteiger partial charge in [-0.25, -0.2) is 8.42 Å². The van der Waals surface area contributed by atoms with E-state index in [4.69, 9.17) is 10.2 Å². The van der Waals surface area contributed by atoms with Gasteiger partial charge >= 0.3 is 0 Å². The summed E-state index contributed by atoms with van der Waals surface area (Å²) in [5.41, 5.74) is 8.18. The minimum Gasteiger partial charge on any atom is -0.424 e. The van der Waals surface area contributed by atoms with Crippen LogP contribution < -0.4 is 11.1 Å². The number of aromatic nitrogens is 1. The fourth-order valence-corrected chi connectivity index (χ4v) is 5.36. The molecule has 3 rings (SSSR count). The van der Waals surface area contributed by atoms with Gasteiger partial charge in [-0.15, -0.1) is 0 Å². The molecule has 35 heavy (non-hydrogen) atoms. The zero-order valence-corrected chi connectivity index (χ0v) is 21.7. The topological polar surface area (TPSA) is 125 Å². The molecule has 0 aliphatic heterocycles. The first-order valence-corrected chi connectivity index (χ1v) is 13.3. The molecule has 1 aromatic heterocycles. The van der Waals surface area contributed by atoms with E-state index in [0.29, 0.717) is 30.1 Å². The molecule has 0 saturated heterocycles. The third kappa shape index (κ3) is 7.49. The van der Waals surface area contributed by atoms with Crippen LogP contribution in [0.2, 0.25) is 0 Å². The first-order chi connectivity index (χ1) is 16.6. The maximum Gasteiger partial charge on any atom is 0.295 e. The molecule has 4 N–H and O–H groups in total. The van der Waals surface area contributed by atoms with Crippen molar-refractivity contribution in [3.8, 4) is 0 Å². The first kappa shape index (κ1) is 27.1. The minimum absolute atomic E-state index is 0.0591. The summed E-state index contributed by atoms with van der Waals surface area (Å²) in [6.45, 7) is 5.48. The van der Waals surface area contributed by atoms with Gasteiger partial charge in [0.25, 0.3) is 6.01 Å². The van der Waals surface area contributed by atoms with Crippen LogP contribution in [0.25, 0.3) is 11.1 Å². The van der Waals surface area contributed by atoms with Crippen molar-refractivity contribution in [2.24, 2.45) is 11.7 Å². The fraction of sp³-hybridized carbons (Fsp3) is 0.480. The molecule has 1 heterocycles. The van der Waals surface area contributed by atoms with E-state index in [0.717, 1.165) is 12.1 Å². The number of aliphatic hydroxyl groups excluding tert-OH is 1. The van der Waals surface area contributed by atoms with E-state index in [1.165, 1.54) is 16.4 Å². The predicted octanol–water partition coefficient (Wildman–Crippen LogP) is 2.38. The van der Waals surface area contributed by atoms with Crippen molar-refractivity contribution in [2.75, 3.05) is 45.6 Å². The monoisotopic (exact) mass is 503 g/mol. The summed E-state index contributed by atoms with van der Waals surface area (Å²) in [4.78, 5) is 6.50. The first-order valence-electron chi connectivity index (χ1n) is 11.8. The van der Waals surface area contributed by atoms with E-state index < -0.39 is 22.2 Å². The Bertz CT molecular complexity index is 1180. The Morgan fingerprint density at radius 2 is 1.83 bits per heavy atom. The number of rotatable bonds is 13. The molecule has 0 aliphatic carbocycles. The minimum atomic E-state index is -3.91. The summed E-state index contributed by atoms with van der Waals surface area (Å²) in [7, 11) is 0.0380. The van der Waals surface area contributed by atoms with Crippen LogP contribution in [0.1, 0.15) is 19.4 Å². The zero-order chi connectivity index (χ0) is 25.6. The van der Waals surface area contributed by atoms with E-state index in [9.17, 15) is 13.5 Å². The number of nitrogens with two attached hydrogens (primary N) is 1. The highest BCUT2D eigenvalue weighted by atomic mass is 32.2. The van der Waals surface area contributed by atoms with E-state index in [-0.39, 0.29) is 23.9 Å². The van der Waals surface area contributed by atoms with Crippen LogP contribution >= 0.6 is 0 Å². The summed E-state index contributed by atoms with van der Waals surface area (Å²) in [5, 5.41) is 13.9. The third-order valence-electron chi connectivity index (χ3n) is 5.60. The normalized spacial score (nSPS) is 14.2. The Labute approximate surface area is 208 Å². The summed E-state index contributed by atoms with van der Waals surface area (Å²) in [6.07, 6.45) is -0.573. The van der Waals surface area contributed by atoms with Crippen LogP contribution in [0, 0.1) is 5.92 Å². The van der Waals surface area contributed by atoms with Gasteiger partial charge in [-0.1, -0.05) is 44.2 Å². The van der Waals surface area contributed by atoms with Gasteiger partial charge in [-0.05, 0) is 44.1 Å². The van der Waals surface area contributed by atoms with Crippen molar-refractivity contribution in [1.29, 1.82) is 0 Å². The van der Waals surface area contributed by atoms with Gasteiger partial charge < -0.3 is 25.5 Å². The van der Waals surface area contributed by atoms with Crippen LogP contribution in [-0.2, 0) is 16.4 Å². The Kier molecular flexibility index (Phi) is 9.26. The third-order valence-corrected chi connectivity index (χ3v) is 7.43. The Morgan fingerprint density at radius 3 is 2.49 bits per heavy atom. The average Bonchev–Trinajstić information content (AvgIpc) is 3.20. The summed E-state index contributed by atoms with van der Waals surface area (Å²) < 4.78 is 34.2. The molecule has 0 aliphatic rings. The van der Waals surface area contributed by atoms with Gasteiger partial charge in [0, 0.05) is 38.3 Å². The number of fused-ring (bicyclic) bond motifs is 1. The van der Waals surface area contributed by atoms with Crippen molar-refractivity contribution in [3.05, 3.63) is 54.1 Å². The number of sulfonamides is 1. The smallest absolute Gasteiger partial charge is 0.295 e. The second-order valence-electron chi connectivity index (χ2n) is 9.52. The highest BCUT2D eigenvalue weighted by Gasteiger charge is 2.30. The van der Waals surface area contributed by atoms with Gasteiger partial charge in [0.2, 0.25) is 10.0 Å². The second kappa shape index (κ2) is 12.0. The Morgan fingerprint density at radius 1 is 1.11 bits per heavy atom. The van der Waals surface area contributed by atoms with E-state index in [1.807, 2.05) is 63.2 Å². The zero-order valence-electron chi connectivity index (χ0n) is 20.9. The molecule has 192 valence electrons. The molecule has 0 radical (unpaired) electrons. The number of aliphatic hydroxyl groups is 1. The van der Waals surface area contributed by atoms with Crippen molar-refractivity contribution < 1.29 is 17.9 Å². The Balaban J connectivity index is 1.78. The summed E-state index contributed by atoms with van der Waals surface area (Å²) in [5.74, 6) is 0.0591. The number of nitrogens with one attached hydrogen (secondary N) is 1. The molecular formula is C25H37N5O4S. The molecule has 9 nitrogen and oxygen atoms in total. The van der Waals surface area contributed by atoms with Crippen molar-refractivity contribution in [2.45, 2.75) is 37.3 Å². The van der Waals surface area contributed by atoms with Crippen LogP contribution in [0.4, 0.5) is 6.01 Å². The molecule has 2 atom stereocenters. The van der Waals surface area contributed by atoms with Gasteiger partial charge in [0.1, 0.15) is 5.52 Å². The molecule has 0 spiro atoms. The molecule has 0 fully saturated rings. The average molecular weight is 504 g/mol. The summed E-state index contributed by atoms with van der Waals surface area (Å²) >= 11 is 0. The van der Waals surface area contributed by atoms with Crippen LogP contribution in [0.15, 0.2) is 57.8 Å². The molecule has 10 heteroatoms. The molecule has 0 saturated carbocycles. The van der Waals surface area contributed by atoms with Crippen LogP contribution in [-0.4, -0.2) is 80.1 Å². The molecule has 2 aromatic carbocycles. The van der Waals surface area contributed by atoms with E-state index in [2.05, 4.69) is 10.3 Å². The van der Waals surface area contributed by atoms with Crippen LogP contribution in [0.5, 0.6) is 0 Å².